The monoisotopic (exact) mass is 429 g/mol. The van der Waals surface area contributed by atoms with Crippen LogP contribution in [-0.2, 0) is 6.54 Å². The van der Waals surface area contributed by atoms with Crippen LogP contribution in [0.3, 0.4) is 0 Å². The molecule has 0 fully saturated rings. The average Bonchev–Trinajstić information content (AvgIpc) is 3.34. The number of fused-ring (bicyclic) bond motifs is 1. The van der Waals surface area contributed by atoms with Crippen molar-refractivity contribution >= 4 is 22.8 Å². The van der Waals surface area contributed by atoms with Crippen molar-refractivity contribution in [1.82, 2.24) is 24.5 Å². The smallest absolute Gasteiger partial charge is 0.194 e. The molecule has 8 heteroatoms. The number of aromatic nitrogens is 5. The maximum absolute atomic E-state index is 10.1. The second-order valence-electron chi connectivity index (χ2n) is 7.15. The first kappa shape index (κ1) is 19.2. The van der Waals surface area contributed by atoms with Crippen LogP contribution in [0.15, 0.2) is 76.8 Å². The third-order valence-corrected chi connectivity index (χ3v) is 6.02. The molecule has 0 atom stereocenters. The molecule has 5 aromatic rings. The lowest BCUT2D eigenvalue weighted by molar-refractivity contribution is 0.377. The number of benzene rings is 1. The van der Waals surface area contributed by atoms with E-state index in [2.05, 4.69) is 15.0 Å². The maximum Gasteiger partial charge on any atom is 0.194 e. The zero-order chi connectivity index (χ0) is 21.4. The Balaban J connectivity index is 1.61. The molecular formula is C23H19N5O2S. The van der Waals surface area contributed by atoms with Crippen LogP contribution < -0.4 is 0 Å². The number of nitrogens with one attached hydrogen (secondary N) is 1. The van der Waals surface area contributed by atoms with Crippen LogP contribution >= 0.6 is 11.8 Å². The molecule has 0 saturated carbocycles. The van der Waals surface area contributed by atoms with Crippen LogP contribution in [0.5, 0.6) is 11.8 Å². The van der Waals surface area contributed by atoms with E-state index in [0.717, 1.165) is 37.8 Å². The van der Waals surface area contributed by atoms with E-state index in [1.807, 2.05) is 55.6 Å². The Kier molecular flexibility index (Phi) is 4.83. The van der Waals surface area contributed by atoms with Crippen molar-refractivity contribution in [3.05, 3.63) is 78.2 Å². The minimum absolute atomic E-state index is 0.00401. The van der Waals surface area contributed by atoms with Crippen molar-refractivity contribution in [2.75, 3.05) is 0 Å². The van der Waals surface area contributed by atoms with E-state index in [1.54, 1.807) is 18.0 Å². The summed E-state index contributed by atoms with van der Waals surface area (Å²) >= 11 is 1.57. The van der Waals surface area contributed by atoms with Gasteiger partial charge in [0, 0.05) is 40.0 Å². The van der Waals surface area contributed by atoms with E-state index in [9.17, 15) is 10.2 Å². The molecule has 0 unspecified atom stereocenters. The Bertz CT molecular complexity index is 1340. The highest BCUT2D eigenvalue weighted by Crippen LogP contribution is 2.35. The highest BCUT2D eigenvalue weighted by Gasteiger charge is 2.15. The SMILES string of the molecule is Cc1ccc(Sc2cc3nc(-c4ccccn4)[nH]c3cc2Cn2c(O)ccc2O)cn1. The van der Waals surface area contributed by atoms with Gasteiger partial charge in [-0.1, -0.05) is 17.8 Å². The molecule has 0 bridgehead atoms. The fourth-order valence-corrected chi connectivity index (χ4v) is 4.27. The van der Waals surface area contributed by atoms with Gasteiger partial charge in [0.15, 0.2) is 17.6 Å². The largest absolute Gasteiger partial charge is 0.494 e. The summed E-state index contributed by atoms with van der Waals surface area (Å²) in [6.45, 7) is 2.26. The quantitative estimate of drug-likeness (QED) is 0.373. The Hall–Kier alpha value is -3.78. The molecule has 1 aromatic carbocycles. The number of pyridine rings is 2. The third-order valence-electron chi connectivity index (χ3n) is 4.95. The van der Waals surface area contributed by atoms with Gasteiger partial charge < -0.3 is 15.2 Å². The standard InChI is InChI=1S/C23H19N5O2S/c1-14-5-6-16(12-25-14)31-20-11-19-18(26-23(27-19)17-4-2-3-9-24-17)10-15(20)13-28-21(29)7-8-22(28)30/h2-12,29-30H,13H2,1H3,(H,26,27). The molecule has 0 radical (unpaired) electrons. The molecule has 0 spiro atoms. The van der Waals surface area contributed by atoms with Crippen LogP contribution in [0.1, 0.15) is 11.3 Å². The first-order chi connectivity index (χ1) is 15.1. The van der Waals surface area contributed by atoms with E-state index in [0.29, 0.717) is 12.4 Å². The van der Waals surface area contributed by atoms with E-state index in [-0.39, 0.29) is 11.8 Å². The van der Waals surface area contributed by atoms with Crippen molar-refractivity contribution < 1.29 is 10.2 Å². The summed E-state index contributed by atoms with van der Waals surface area (Å²) in [5.74, 6) is 0.695. The number of imidazole rings is 1. The van der Waals surface area contributed by atoms with Gasteiger partial charge in [-0.3, -0.25) is 14.5 Å². The van der Waals surface area contributed by atoms with Gasteiger partial charge in [-0.2, -0.15) is 0 Å². The van der Waals surface area contributed by atoms with Gasteiger partial charge in [-0.15, -0.1) is 0 Å². The first-order valence-corrected chi connectivity index (χ1v) is 10.5. The normalized spacial score (nSPS) is 11.3. The fraction of sp³-hybridized carbons (Fsp3) is 0.0870. The van der Waals surface area contributed by atoms with Gasteiger partial charge in [0.25, 0.3) is 0 Å². The molecule has 7 nitrogen and oxygen atoms in total. The zero-order valence-corrected chi connectivity index (χ0v) is 17.5. The summed E-state index contributed by atoms with van der Waals surface area (Å²) in [5.41, 5.74) is 4.31. The minimum Gasteiger partial charge on any atom is -0.494 e. The number of H-pyrrole nitrogens is 1. The van der Waals surface area contributed by atoms with E-state index in [4.69, 9.17) is 4.98 Å². The summed E-state index contributed by atoms with van der Waals surface area (Å²) < 4.78 is 1.45. The Morgan fingerprint density at radius 1 is 1.00 bits per heavy atom. The van der Waals surface area contributed by atoms with Crippen molar-refractivity contribution in [3.8, 4) is 23.3 Å². The minimum atomic E-state index is 0.00401. The molecule has 4 heterocycles. The summed E-state index contributed by atoms with van der Waals surface area (Å²) in [6.07, 6.45) is 3.57. The predicted octanol–water partition coefficient (Wildman–Crippen LogP) is 4.74. The molecule has 0 aliphatic rings. The fourth-order valence-electron chi connectivity index (χ4n) is 3.35. The summed E-state index contributed by atoms with van der Waals surface area (Å²) in [4.78, 5) is 18.8. The summed E-state index contributed by atoms with van der Waals surface area (Å²) in [6, 6.07) is 16.6. The number of aromatic hydroxyl groups is 2. The number of hydrogen-bond donors (Lipinski definition) is 3. The second kappa shape index (κ2) is 7.81. The number of aromatic amines is 1. The molecular weight excluding hydrogens is 410 g/mol. The molecule has 3 N–H and O–H groups in total. The van der Waals surface area contributed by atoms with Gasteiger partial charge in [0.1, 0.15) is 5.69 Å². The molecule has 4 aromatic heterocycles. The first-order valence-electron chi connectivity index (χ1n) is 9.69. The molecule has 0 amide bonds. The third kappa shape index (κ3) is 3.85. The van der Waals surface area contributed by atoms with Crippen molar-refractivity contribution in [2.24, 2.45) is 0 Å². The molecule has 0 aliphatic carbocycles. The lowest BCUT2D eigenvalue weighted by atomic mass is 10.2. The molecule has 0 saturated heterocycles. The maximum atomic E-state index is 10.1. The van der Waals surface area contributed by atoms with E-state index in [1.165, 1.54) is 16.7 Å². The molecule has 5 rings (SSSR count). The van der Waals surface area contributed by atoms with Crippen molar-refractivity contribution in [3.63, 3.8) is 0 Å². The van der Waals surface area contributed by atoms with E-state index >= 15 is 0 Å². The van der Waals surface area contributed by atoms with Gasteiger partial charge in [-0.25, -0.2) is 4.98 Å². The van der Waals surface area contributed by atoms with Gasteiger partial charge in [-0.05, 0) is 48.9 Å². The highest BCUT2D eigenvalue weighted by molar-refractivity contribution is 7.99. The number of hydrogen-bond acceptors (Lipinski definition) is 6. The van der Waals surface area contributed by atoms with Crippen LogP contribution in [0.4, 0.5) is 0 Å². The summed E-state index contributed by atoms with van der Waals surface area (Å²) in [5, 5.41) is 20.3. The van der Waals surface area contributed by atoms with Gasteiger partial charge in [0.05, 0.1) is 17.6 Å². The molecule has 0 aliphatic heterocycles. The zero-order valence-electron chi connectivity index (χ0n) is 16.6. The van der Waals surface area contributed by atoms with Crippen LogP contribution in [0, 0.1) is 6.92 Å². The Morgan fingerprint density at radius 3 is 2.55 bits per heavy atom. The number of rotatable bonds is 5. The lowest BCUT2D eigenvalue weighted by Crippen LogP contribution is -2.00. The average molecular weight is 430 g/mol. The second-order valence-corrected chi connectivity index (χ2v) is 8.27. The number of aryl methyl sites for hydroxylation is 1. The van der Waals surface area contributed by atoms with E-state index < -0.39 is 0 Å². The topological polar surface area (TPSA) is 99.9 Å². The predicted molar refractivity (Wildman–Crippen MR) is 119 cm³/mol. The Morgan fingerprint density at radius 2 is 1.84 bits per heavy atom. The number of nitrogens with zero attached hydrogens (tertiary/aromatic N) is 4. The lowest BCUT2D eigenvalue weighted by Gasteiger charge is -2.12. The molecule has 31 heavy (non-hydrogen) atoms. The van der Waals surface area contributed by atoms with Gasteiger partial charge >= 0.3 is 0 Å². The summed E-state index contributed by atoms with van der Waals surface area (Å²) in [7, 11) is 0. The van der Waals surface area contributed by atoms with Crippen molar-refractivity contribution in [1.29, 1.82) is 0 Å². The molecule has 154 valence electrons. The van der Waals surface area contributed by atoms with Gasteiger partial charge in [0.2, 0.25) is 0 Å². The van der Waals surface area contributed by atoms with Crippen LogP contribution in [-0.4, -0.2) is 34.7 Å². The van der Waals surface area contributed by atoms with Crippen LogP contribution in [0.2, 0.25) is 0 Å². The van der Waals surface area contributed by atoms with Crippen molar-refractivity contribution in [2.45, 2.75) is 23.3 Å². The Labute approximate surface area is 182 Å². The highest BCUT2D eigenvalue weighted by atomic mass is 32.2. The van der Waals surface area contributed by atoms with Crippen LogP contribution in [0.25, 0.3) is 22.6 Å².